The lowest BCUT2D eigenvalue weighted by molar-refractivity contribution is 0.0856. The van der Waals surface area contributed by atoms with Gasteiger partial charge in [-0.1, -0.05) is 11.6 Å². The largest absolute Gasteiger partial charge is 0.385 e. The molecular formula is C14H18ClN5O. The Morgan fingerprint density at radius 2 is 2.14 bits per heavy atom. The zero-order chi connectivity index (χ0) is 14.8. The molecule has 0 aliphatic carbocycles. The minimum absolute atomic E-state index is 0.214. The molecule has 0 amide bonds. The first kappa shape index (κ1) is 14.3. The second-order valence-electron chi connectivity index (χ2n) is 5.34. The molecule has 1 saturated heterocycles. The Morgan fingerprint density at radius 3 is 2.76 bits per heavy atom. The summed E-state index contributed by atoms with van der Waals surface area (Å²) in [5, 5.41) is 10.8. The Balaban J connectivity index is 1.65. The number of aliphatic hydroxyl groups is 1. The molecule has 2 aromatic heterocycles. The van der Waals surface area contributed by atoms with Crippen LogP contribution in [0.4, 0.5) is 5.82 Å². The van der Waals surface area contributed by atoms with E-state index in [4.69, 9.17) is 11.6 Å². The summed E-state index contributed by atoms with van der Waals surface area (Å²) in [4.78, 5) is 17.8. The number of nitrogens with zero attached hydrogens (tertiary/aromatic N) is 4. The third-order valence-corrected chi connectivity index (χ3v) is 4.10. The molecule has 2 aromatic rings. The molecule has 3 rings (SSSR count). The van der Waals surface area contributed by atoms with Crippen molar-refractivity contribution in [2.24, 2.45) is 5.92 Å². The van der Waals surface area contributed by atoms with Crippen LogP contribution >= 0.6 is 11.6 Å². The SMILES string of the molecule is Cc1nc(Cl)cc(N2CCC(C(O)c3ncc[nH]3)CC2)n1. The van der Waals surface area contributed by atoms with E-state index in [0.717, 1.165) is 31.7 Å². The van der Waals surface area contributed by atoms with Crippen LogP contribution < -0.4 is 4.90 Å². The van der Waals surface area contributed by atoms with Crippen LogP contribution in [0.25, 0.3) is 0 Å². The van der Waals surface area contributed by atoms with Gasteiger partial charge in [0.2, 0.25) is 0 Å². The van der Waals surface area contributed by atoms with Crippen molar-refractivity contribution < 1.29 is 5.11 Å². The van der Waals surface area contributed by atoms with Crippen LogP contribution in [-0.2, 0) is 0 Å². The van der Waals surface area contributed by atoms with Gasteiger partial charge in [0, 0.05) is 31.5 Å². The molecule has 1 unspecified atom stereocenters. The maximum Gasteiger partial charge on any atom is 0.135 e. The average molecular weight is 308 g/mol. The molecule has 1 aliphatic rings. The number of halogens is 1. The first-order chi connectivity index (χ1) is 10.1. The van der Waals surface area contributed by atoms with Crippen LogP contribution in [0.15, 0.2) is 18.5 Å². The number of aliphatic hydroxyl groups excluding tert-OH is 1. The first-order valence-corrected chi connectivity index (χ1v) is 7.45. The van der Waals surface area contributed by atoms with E-state index in [1.165, 1.54) is 0 Å². The van der Waals surface area contributed by atoms with E-state index in [9.17, 15) is 5.11 Å². The van der Waals surface area contributed by atoms with Gasteiger partial charge in [0.05, 0.1) is 0 Å². The van der Waals surface area contributed by atoms with E-state index >= 15 is 0 Å². The van der Waals surface area contributed by atoms with Gasteiger partial charge in [-0.05, 0) is 25.7 Å². The van der Waals surface area contributed by atoms with Crippen molar-refractivity contribution in [1.29, 1.82) is 0 Å². The van der Waals surface area contributed by atoms with Gasteiger partial charge >= 0.3 is 0 Å². The smallest absolute Gasteiger partial charge is 0.135 e. The Bertz CT molecular complexity index is 575. The third kappa shape index (κ3) is 3.16. The van der Waals surface area contributed by atoms with Crippen molar-refractivity contribution in [3.05, 3.63) is 35.3 Å². The van der Waals surface area contributed by atoms with E-state index in [1.54, 1.807) is 18.5 Å². The van der Waals surface area contributed by atoms with Gasteiger partial charge in [-0.25, -0.2) is 15.0 Å². The molecule has 0 radical (unpaired) electrons. The van der Waals surface area contributed by atoms with E-state index in [2.05, 4.69) is 24.8 Å². The van der Waals surface area contributed by atoms with E-state index in [1.807, 2.05) is 6.92 Å². The lowest BCUT2D eigenvalue weighted by Crippen LogP contribution is -2.36. The third-order valence-electron chi connectivity index (χ3n) is 3.90. The van der Waals surface area contributed by atoms with Crippen molar-refractivity contribution in [2.75, 3.05) is 18.0 Å². The Hall–Kier alpha value is -1.66. The summed E-state index contributed by atoms with van der Waals surface area (Å²) in [6, 6.07) is 1.79. The maximum atomic E-state index is 10.3. The minimum atomic E-state index is -0.530. The monoisotopic (exact) mass is 307 g/mol. The average Bonchev–Trinajstić information content (AvgIpc) is 3.00. The summed E-state index contributed by atoms with van der Waals surface area (Å²) >= 11 is 5.99. The maximum absolute atomic E-state index is 10.3. The molecule has 112 valence electrons. The van der Waals surface area contributed by atoms with Crippen LogP contribution in [0.3, 0.4) is 0 Å². The summed E-state index contributed by atoms with van der Waals surface area (Å²) in [5.41, 5.74) is 0. The second kappa shape index (κ2) is 5.99. The molecule has 0 spiro atoms. The van der Waals surface area contributed by atoms with Crippen LogP contribution in [0.5, 0.6) is 0 Å². The number of rotatable bonds is 3. The summed E-state index contributed by atoms with van der Waals surface area (Å²) < 4.78 is 0. The quantitative estimate of drug-likeness (QED) is 0.849. The Labute approximate surface area is 128 Å². The molecule has 3 heterocycles. The fourth-order valence-electron chi connectivity index (χ4n) is 2.79. The topological polar surface area (TPSA) is 77.9 Å². The molecule has 1 atom stereocenters. The number of piperidine rings is 1. The number of H-pyrrole nitrogens is 1. The fraction of sp³-hybridized carbons (Fsp3) is 0.500. The molecule has 0 saturated carbocycles. The predicted octanol–water partition coefficient (Wildman–Crippen LogP) is 2.11. The number of nitrogens with one attached hydrogen (secondary N) is 1. The summed E-state index contributed by atoms with van der Waals surface area (Å²) in [7, 11) is 0. The molecule has 21 heavy (non-hydrogen) atoms. The summed E-state index contributed by atoms with van der Waals surface area (Å²) in [6.45, 7) is 3.52. The fourth-order valence-corrected chi connectivity index (χ4v) is 3.01. The highest BCUT2D eigenvalue weighted by molar-refractivity contribution is 6.29. The molecule has 2 N–H and O–H groups in total. The normalized spacial score (nSPS) is 18.0. The number of aryl methyl sites for hydroxylation is 1. The van der Waals surface area contributed by atoms with E-state index in [0.29, 0.717) is 16.8 Å². The van der Waals surface area contributed by atoms with Gasteiger partial charge in [-0.15, -0.1) is 0 Å². The van der Waals surface area contributed by atoms with Crippen molar-refractivity contribution in [3.8, 4) is 0 Å². The number of hydrogen-bond donors (Lipinski definition) is 2. The van der Waals surface area contributed by atoms with E-state index < -0.39 is 6.10 Å². The summed E-state index contributed by atoms with van der Waals surface area (Å²) in [6.07, 6.45) is 4.65. The molecule has 1 fully saturated rings. The molecule has 7 heteroatoms. The summed E-state index contributed by atoms with van der Waals surface area (Å²) in [5.74, 6) is 2.40. The highest BCUT2D eigenvalue weighted by Crippen LogP contribution is 2.30. The van der Waals surface area contributed by atoms with Gasteiger partial charge in [0.25, 0.3) is 0 Å². The zero-order valence-corrected chi connectivity index (χ0v) is 12.6. The minimum Gasteiger partial charge on any atom is -0.385 e. The van der Waals surface area contributed by atoms with Crippen molar-refractivity contribution >= 4 is 17.4 Å². The molecule has 6 nitrogen and oxygen atoms in total. The standard InChI is InChI=1S/C14H18ClN5O/c1-9-18-11(15)8-12(19-9)20-6-2-10(3-7-20)13(21)14-16-4-5-17-14/h4-5,8,10,13,21H,2-3,6-7H2,1H3,(H,16,17). The van der Waals surface area contributed by atoms with Crippen LogP contribution in [0.1, 0.15) is 30.6 Å². The van der Waals surface area contributed by atoms with Gasteiger partial charge in [-0.2, -0.15) is 0 Å². The number of anilines is 1. The van der Waals surface area contributed by atoms with Gasteiger partial charge in [0.15, 0.2) is 0 Å². The molecule has 0 aromatic carbocycles. The highest BCUT2D eigenvalue weighted by Gasteiger charge is 2.28. The Morgan fingerprint density at radius 1 is 1.38 bits per heavy atom. The van der Waals surface area contributed by atoms with Crippen molar-refractivity contribution in [2.45, 2.75) is 25.9 Å². The predicted molar refractivity (Wildman–Crippen MR) is 80.3 cm³/mol. The molecular weight excluding hydrogens is 290 g/mol. The molecule has 1 aliphatic heterocycles. The number of imidazole rings is 1. The van der Waals surface area contributed by atoms with Gasteiger partial charge < -0.3 is 15.0 Å². The Kier molecular flexibility index (Phi) is 4.07. The van der Waals surface area contributed by atoms with Crippen LogP contribution in [0.2, 0.25) is 5.15 Å². The lowest BCUT2D eigenvalue weighted by Gasteiger charge is -2.34. The van der Waals surface area contributed by atoms with E-state index in [-0.39, 0.29) is 5.92 Å². The van der Waals surface area contributed by atoms with Crippen LogP contribution in [-0.4, -0.2) is 38.1 Å². The lowest BCUT2D eigenvalue weighted by atomic mass is 9.91. The zero-order valence-electron chi connectivity index (χ0n) is 11.8. The second-order valence-corrected chi connectivity index (χ2v) is 5.73. The van der Waals surface area contributed by atoms with Crippen molar-refractivity contribution in [1.82, 2.24) is 19.9 Å². The van der Waals surface area contributed by atoms with Gasteiger partial charge in [0.1, 0.15) is 28.7 Å². The first-order valence-electron chi connectivity index (χ1n) is 7.07. The number of hydrogen-bond acceptors (Lipinski definition) is 5. The van der Waals surface area contributed by atoms with Crippen molar-refractivity contribution in [3.63, 3.8) is 0 Å². The van der Waals surface area contributed by atoms with Gasteiger partial charge in [-0.3, -0.25) is 0 Å². The number of aromatic nitrogens is 4. The molecule has 0 bridgehead atoms. The number of aromatic amines is 1. The highest BCUT2D eigenvalue weighted by atomic mass is 35.5. The van der Waals surface area contributed by atoms with Crippen LogP contribution in [0, 0.1) is 12.8 Å².